The summed E-state index contributed by atoms with van der Waals surface area (Å²) >= 11 is 0. The summed E-state index contributed by atoms with van der Waals surface area (Å²) in [5.41, 5.74) is 1.02. The Bertz CT molecular complexity index is 835. The number of ether oxygens (including phenoxy) is 2. The highest BCUT2D eigenvalue weighted by Gasteiger charge is 2.21. The lowest BCUT2D eigenvalue weighted by atomic mass is 10.0. The first kappa shape index (κ1) is 24.6. The van der Waals surface area contributed by atoms with E-state index >= 15 is 0 Å². The molecule has 0 saturated carbocycles. The van der Waals surface area contributed by atoms with Gasteiger partial charge in [0, 0.05) is 25.0 Å². The molecular formula is C25H37N3O3. The van der Waals surface area contributed by atoms with E-state index in [4.69, 9.17) is 9.47 Å². The van der Waals surface area contributed by atoms with Gasteiger partial charge in [0.15, 0.2) is 0 Å². The number of benzene rings is 1. The van der Waals surface area contributed by atoms with Crippen LogP contribution in [0, 0.1) is 0 Å². The monoisotopic (exact) mass is 427 g/mol. The lowest BCUT2D eigenvalue weighted by Crippen LogP contribution is -2.28. The maximum absolute atomic E-state index is 12.1. The van der Waals surface area contributed by atoms with Crippen LogP contribution in [0.15, 0.2) is 36.8 Å². The second-order valence-corrected chi connectivity index (χ2v) is 9.00. The van der Waals surface area contributed by atoms with Crippen molar-refractivity contribution in [3.05, 3.63) is 48.0 Å². The van der Waals surface area contributed by atoms with Crippen LogP contribution in [0.25, 0.3) is 0 Å². The minimum atomic E-state index is -0.252. The van der Waals surface area contributed by atoms with E-state index in [1.54, 1.807) is 6.20 Å². The average molecular weight is 428 g/mol. The summed E-state index contributed by atoms with van der Waals surface area (Å²) < 4.78 is 12.5. The number of aromatic nitrogens is 2. The van der Waals surface area contributed by atoms with Crippen LogP contribution in [-0.4, -0.2) is 33.6 Å². The standard InChI is InChI=1S/C25H37N3O3/c1-7-24(3,4)30-20-13-12-19(22(17-20)31-25(5,6)8-2)11-9-10-14-28-23(29)21-18-26-15-16-27-21/h12-13,15-18H,7-11,14H2,1-6H3,(H,28,29). The van der Waals surface area contributed by atoms with Gasteiger partial charge in [0.05, 0.1) is 6.20 Å². The van der Waals surface area contributed by atoms with Gasteiger partial charge in [-0.3, -0.25) is 9.78 Å². The summed E-state index contributed by atoms with van der Waals surface area (Å²) in [6.07, 6.45) is 9.04. The molecule has 2 rings (SSSR count). The van der Waals surface area contributed by atoms with Crippen LogP contribution in [0.5, 0.6) is 11.5 Å². The van der Waals surface area contributed by atoms with Crippen molar-refractivity contribution in [3.63, 3.8) is 0 Å². The minimum Gasteiger partial charge on any atom is -0.488 e. The lowest BCUT2D eigenvalue weighted by Gasteiger charge is -2.29. The predicted molar refractivity (Wildman–Crippen MR) is 124 cm³/mol. The van der Waals surface area contributed by atoms with Crippen molar-refractivity contribution < 1.29 is 14.3 Å². The molecule has 0 bridgehead atoms. The van der Waals surface area contributed by atoms with Gasteiger partial charge >= 0.3 is 0 Å². The average Bonchev–Trinajstić information content (AvgIpc) is 2.75. The zero-order valence-electron chi connectivity index (χ0n) is 19.8. The highest BCUT2D eigenvalue weighted by Crippen LogP contribution is 2.32. The van der Waals surface area contributed by atoms with Crippen LogP contribution in [0.4, 0.5) is 0 Å². The SMILES string of the molecule is CCC(C)(C)Oc1ccc(CCCCNC(=O)c2cnccn2)c(OC(C)(C)CC)c1. The molecule has 1 heterocycles. The van der Waals surface area contributed by atoms with Crippen LogP contribution in [-0.2, 0) is 6.42 Å². The first-order chi connectivity index (χ1) is 14.7. The van der Waals surface area contributed by atoms with Crippen molar-refractivity contribution in [2.75, 3.05) is 6.54 Å². The van der Waals surface area contributed by atoms with Gasteiger partial charge in [0.1, 0.15) is 28.4 Å². The van der Waals surface area contributed by atoms with Crippen molar-refractivity contribution >= 4 is 5.91 Å². The molecule has 1 aromatic heterocycles. The molecule has 0 radical (unpaired) electrons. The maximum Gasteiger partial charge on any atom is 0.271 e. The van der Waals surface area contributed by atoms with Gasteiger partial charge in [-0.15, -0.1) is 0 Å². The van der Waals surface area contributed by atoms with Crippen LogP contribution in [0.3, 0.4) is 0 Å². The molecular weight excluding hydrogens is 390 g/mol. The van der Waals surface area contributed by atoms with E-state index in [9.17, 15) is 4.79 Å². The quantitative estimate of drug-likeness (QED) is 0.461. The number of hydrogen-bond acceptors (Lipinski definition) is 5. The minimum absolute atomic E-state index is 0.193. The summed E-state index contributed by atoms with van der Waals surface area (Å²) in [4.78, 5) is 20.0. The summed E-state index contributed by atoms with van der Waals surface area (Å²) in [6.45, 7) is 13.2. The number of nitrogens with one attached hydrogen (secondary N) is 1. The number of hydrogen-bond donors (Lipinski definition) is 1. The topological polar surface area (TPSA) is 73.3 Å². The third-order valence-corrected chi connectivity index (χ3v) is 5.48. The zero-order chi connectivity index (χ0) is 22.9. The Kier molecular flexibility index (Phi) is 8.84. The largest absolute Gasteiger partial charge is 0.488 e. The number of carbonyl (C=O) groups is 1. The summed E-state index contributed by atoms with van der Waals surface area (Å²) in [5, 5.41) is 2.90. The van der Waals surface area contributed by atoms with Gasteiger partial charge in [-0.05, 0) is 71.4 Å². The molecule has 170 valence electrons. The van der Waals surface area contributed by atoms with Crippen LogP contribution in [0.2, 0.25) is 0 Å². The molecule has 1 aromatic carbocycles. The Morgan fingerprint density at radius 1 is 1.00 bits per heavy atom. The predicted octanol–water partition coefficient (Wildman–Crippen LogP) is 5.36. The van der Waals surface area contributed by atoms with Crippen molar-refractivity contribution in [1.82, 2.24) is 15.3 Å². The van der Waals surface area contributed by atoms with Crippen molar-refractivity contribution in [2.45, 2.75) is 84.8 Å². The number of amides is 1. The van der Waals surface area contributed by atoms with Crippen LogP contribution in [0.1, 0.15) is 83.3 Å². The van der Waals surface area contributed by atoms with Crippen molar-refractivity contribution in [1.29, 1.82) is 0 Å². The fraction of sp³-hybridized carbons (Fsp3) is 0.560. The third kappa shape index (κ3) is 8.19. The van der Waals surface area contributed by atoms with Crippen LogP contribution >= 0.6 is 0 Å². The first-order valence-corrected chi connectivity index (χ1v) is 11.2. The molecule has 0 atom stereocenters. The fourth-order valence-corrected chi connectivity index (χ4v) is 2.81. The number of rotatable bonds is 12. The van der Waals surface area contributed by atoms with Gasteiger partial charge in [-0.1, -0.05) is 19.9 Å². The molecule has 0 aliphatic heterocycles. The van der Waals surface area contributed by atoms with Gasteiger partial charge in [-0.25, -0.2) is 4.98 Å². The molecule has 1 N–H and O–H groups in total. The number of carbonyl (C=O) groups excluding carboxylic acids is 1. The molecule has 0 saturated heterocycles. The molecule has 0 spiro atoms. The molecule has 0 fully saturated rings. The Morgan fingerprint density at radius 2 is 1.71 bits per heavy atom. The van der Waals surface area contributed by atoms with Crippen molar-refractivity contribution in [2.24, 2.45) is 0 Å². The van der Waals surface area contributed by atoms with E-state index in [1.807, 2.05) is 12.1 Å². The molecule has 0 unspecified atom stereocenters. The molecule has 31 heavy (non-hydrogen) atoms. The van der Waals surface area contributed by atoms with Gasteiger partial charge in [0.25, 0.3) is 5.91 Å². The van der Waals surface area contributed by atoms with Gasteiger partial charge in [-0.2, -0.15) is 0 Å². The van der Waals surface area contributed by atoms with E-state index in [1.165, 1.54) is 12.4 Å². The molecule has 6 heteroatoms. The molecule has 1 amide bonds. The molecule has 0 aliphatic rings. The summed E-state index contributed by atoms with van der Waals surface area (Å²) in [5.74, 6) is 1.51. The van der Waals surface area contributed by atoms with Gasteiger partial charge in [0.2, 0.25) is 0 Å². The summed E-state index contributed by atoms with van der Waals surface area (Å²) in [7, 11) is 0. The molecule has 2 aromatic rings. The molecule has 6 nitrogen and oxygen atoms in total. The fourth-order valence-electron chi connectivity index (χ4n) is 2.81. The normalized spacial score (nSPS) is 11.8. The Morgan fingerprint density at radius 3 is 2.35 bits per heavy atom. The van der Waals surface area contributed by atoms with E-state index in [0.717, 1.165) is 49.2 Å². The Labute approximate surface area is 186 Å². The number of aryl methyl sites for hydroxylation is 1. The second kappa shape index (κ2) is 11.1. The zero-order valence-corrected chi connectivity index (χ0v) is 19.8. The van der Waals surface area contributed by atoms with Gasteiger partial charge < -0.3 is 14.8 Å². The highest BCUT2D eigenvalue weighted by atomic mass is 16.5. The van der Waals surface area contributed by atoms with Crippen LogP contribution < -0.4 is 14.8 Å². The van der Waals surface area contributed by atoms with E-state index < -0.39 is 0 Å². The third-order valence-electron chi connectivity index (χ3n) is 5.48. The highest BCUT2D eigenvalue weighted by molar-refractivity contribution is 5.91. The smallest absolute Gasteiger partial charge is 0.271 e. The lowest BCUT2D eigenvalue weighted by molar-refractivity contribution is 0.0939. The Balaban J connectivity index is 1.97. The number of nitrogens with zero attached hydrogens (tertiary/aromatic N) is 2. The van der Waals surface area contributed by atoms with E-state index in [-0.39, 0.29) is 17.1 Å². The second-order valence-electron chi connectivity index (χ2n) is 9.00. The maximum atomic E-state index is 12.1. The summed E-state index contributed by atoms with van der Waals surface area (Å²) in [6, 6.07) is 6.13. The van der Waals surface area contributed by atoms with Crippen molar-refractivity contribution in [3.8, 4) is 11.5 Å². The number of unbranched alkanes of at least 4 members (excludes halogenated alkanes) is 1. The molecule has 0 aliphatic carbocycles. The Hall–Kier alpha value is -2.63. The van der Waals surface area contributed by atoms with E-state index in [0.29, 0.717) is 12.2 Å². The van der Waals surface area contributed by atoms with E-state index in [2.05, 4.69) is 62.9 Å². The first-order valence-electron chi connectivity index (χ1n) is 11.2.